The molecule has 6 heavy (non-hydrogen) atoms. The summed E-state index contributed by atoms with van der Waals surface area (Å²) in [6.45, 7) is 1.59. The van der Waals surface area contributed by atoms with Gasteiger partial charge in [0.25, 0.3) is 0 Å². The van der Waals surface area contributed by atoms with Gasteiger partial charge in [0.05, 0.1) is 6.07 Å². The molecular formula is C3H4NOP. The monoisotopic (exact) mass is 101 g/mol. The minimum absolute atomic E-state index is 0.0829. The third-order valence-electron chi connectivity index (χ3n) is 0.345. The molecule has 2 nitrogen and oxygen atoms in total. The predicted octanol–water partition coefficient (Wildman–Crippen LogP) is 1.19. The molecule has 0 bridgehead atoms. The summed E-state index contributed by atoms with van der Waals surface area (Å²) < 4.78 is 9.61. The molecule has 0 aliphatic rings. The van der Waals surface area contributed by atoms with E-state index in [1.54, 1.807) is 13.0 Å². The van der Waals surface area contributed by atoms with Crippen LogP contribution in [0, 0.1) is 11.3 Å². The van der Waals surface area contributed by atoms with Crippen LogP contribution in [-0.4, -0.2) is 5.66 Å². The van der Waals surface area contributed by atoms with E-state index in [2.05, 4.69) is 0 Å². The maximum atomic E-state index is 9.61. The molecule has 0 aliphatic carbocycles. The van der Waals surface area contributed by atoms with Gasteiger partial charge in [-0.25, -0.2) is 0 Å². The quantitative estimate of drug-likeness (QED) is 0.465. The minimum atomic E-state index is -0.343. The van der Waals surface area contributed by atoms with Crippen molar-refractivity contribution in [2.75, 3.05) is 0 Å². The molecule has 0 aliphatic heterocycles. The zero-order chi connectivity index (χ0) is 4.99. The van der Waals surface area contributed by atoms with Crippen molar-refractivity contribution in [2.45, 2.75) is 12.6 Å². The first-order chi connectivity index (χ1) is 2.81. The maximum Gasteiger partial charge on any atom is 0.173 e. The Hall–Kier alpha value is -0.410. The summed E-state index contributed by atoms with van der Waals surface area (Å²) in [6, 6.07) is 1.79. The Kier molecular flexibility index (Phi) is 2.62. The number of rotatable bonds is 1. The Bertz CT molecular complexity index is 85.3. The van der Waals surface area contributed by atoms with Gasteiger partial charge in [0.2, 0.25) is 0 Å². The Morgan fingerprint density at radius 2 is 2.50 bits per heavy atom. The second-order valence-electron chi connectivity index (χ2n) is 0.910. The van der Waals surface area contributed by atoms with E-state index < -0.39 is 0 Å². The van der Waals surface area contributed by atoms with Gasteiger partial charge in [0.1, 0.15) is 5.66 Å². The van der Waals surface area contributed by atoms with E-state index in [0.29, 0.717) is 0 Å². The van der Waals surface area contributed by atoms with Crippen molar-refractivity contribution >= 4 is 8.46 Å². The van der Waals surface area contributed by atoms with Crippen LogP contribution in [-0.2, 0) is 4.57 Å². The molecule has 0 aromatic carbocycles. The van der Waals surface area contributed by atoms with E-state index >= 15 is 0 Å². The Morgan fingerprint density at radius 1 is 2.00 bits per heavy atom. The van der Waals surface area contributed by atoms with Crippen molar-refractivity contribution in [2.24, 2.45) is 0 Å². The molecular weight excluding hydrogens is 97.0 g/mol. The van der Waals surface area contributed by atoms with E-state index in [4.69, 9.17) is 5.26 Å². The van der Waals surface area contributed by atoms with E-state index in [-0.39, 0.29) is 14.1 Å². The highest BCUT2D eigenvalue weighted by atomic mass is 31.1. The van der Waals surface area contributed by atoms with E-state index in [1.165, 1.54) is 0 Å². The summed E-state index contributed by atoms with van der Waals surface area (Å²) >= 11 is 0. The van der Waals surface area contributed by atoms with Crippen LogP contribution in [0.3, 0.4) is 0 Å². The summed E-state index contributed by atoms with van der Waals surface area (Å²) in [6.07, 6.45) is 0. The Labute approximate surface area is 38.0 Å². The van der Waals surface area contributed by atoms with Crippen molar-refractivity contribution in [3.8, 4) is 6.07 Å². The van der Waals surface area contributed by atoms with Crippen molar-refractivity contribution in [3.63, 3.8) is 0 Å². The predicted molar refractivity (Wildman–Crippen MR) is 22.7 cm³/mol. The molecule has 3 heteroatoms. The first-order valence-corrected chi connectivity index (χ1v) is 2.41. The van der Waals surface area contributed by atoms with Crippen molar-refractivity contribution in [3.05, 3.63) is 0 Å². The molecule has 32 valence electrons. The highest BCUT2D eigenvalue weighted by Gasteiger charge is 1.91. The molecule has 0 rings (SSSR count). The second kappa shape index (κ2) is 2.81. The molecule has 0 aromatic rings. The Morgan fingerprint density at radius 3 is 2.50 bits per heavy atom. The van der Waals surface area contributed by atoms with Gasteiger partial charge in [0.15, 0.2) is 8.46 Å². The third kappa shape index (κ3) is 1.87. The zero-order valence-electron chi connectivity index (χ0n) is 3.38. The van der Waals surface area contributed by atoms with Crippen LogP contribution in [0.15, 0.2) is 0 Å². The largest absolute Gasteiger partial charge is 0.274 e. The topological polar surface area (TPSA) is 40.9 Å². The lowest BCUT2D eigenvalue weighted by atomic mass is 10.5. The summed E-state index contributed by atoms with van der Waals surface area (Å²) in [4.78, 5) is 0. The standard InChI is InChI=1S/C3H4NOP/c1-3(2-4)6-5/h3H,1H3. The molecule has 0 aromatic heterocycles. The fraction of sp³-hybridized carbons (Fsp3) is 0.667. The van der Waals surface area contributed by atoms with Crippen LogP contribution in [0.2, 0.25) is 0 Å². The first kappa shape index (κ1) is 5.59. The number of hydrogen-bond donors (Lipinski definition) is 0. The van der Waals surface area contributed by atoms with Crippen molar-refractivity contribution < 1.29 is 4.57 Å². The van der Waals surface area contributed by atoms with E-state index in [1.807, 2.05) is 0 Å². The number of hydrogen-bond acceptors (Lipinski definition) is 2. The summed E-state index contributed by atoms with van der Waals surface area (Å²) in [5, 5.41) is 7.88. The van der Waals surface area contributed by atoms with Gasteiger partial charge in [-0.2, -0.15) is 5.26 Å². The highest BCUT2D eigenvalue weighted by molar-refractivity contribution is 7.25. The molecule has 0 saturated carbocycles. The summed E-state index contributed by atoms with van der Waals surface area (Å²) in [7, 11) is -0.0829. The molecule has 1 unspecified atom stereocenters. The van der Waals surface area contributed by atoms with Gasteiger partial charge >= 0.3 is 0 Å². The molecule has 0 heterocycles. The lowest BCUT2D eigenvalue weighted by molar-refractivity contribution is 0.596. The van der Waals surface area contributed by atoms with Gasteiger partial charge in [0, 0.05) is 0 Å². The highest BCUT2D eigenvalue weighted by Crippen LogP contribution is 2.00. The molecule has 0 N–H and O–H groups in total. The normalized spacial score (nSPS) is 13.3. The molecule has 0 saturated heterocycles. The van der Waals surface area contributed by atoms with Gasteiger partial charge in [-0.3, -0.25) is 4.57 Å². The molecule has 0 radical (unpaired) electrons. The average molecular weight is 101 g/mol. The van der Waals surface area contributed by atoms with Crippen LogP contribution < -0.4 is 0 Å². The maximum absolute atomic E-state index is 9.61. The third-order valence-corrected chi connectivity index (χ3v) is 0.777. The lowest BCUT2D eigenvalue weighted by Gasteiger charge is -1.73. The van der Waals surface area contributed by atoms with Gasteiger partial charge < -0.3 is 0 Å². The molecule has 1 atom stereocenters. The lowest BCUT2D eigenvalue weighted by Crippen LogP contribution is -1.78. The van der Waals surface area contributed by atoms with Crippen LogP contribution in [0.4, 0.5) is 0 Å². The average Bonchev–Trinajstić information content (AvgIpc) is 1.65. The van der Waals surface area contributed by atoms with Gasteiger partial charge in [-0.05, 0) is 6.92 Å². The summed E-state index contributed by atoms with van der Waals surface area (Å²) in [5.74, 6) is 0. The SMILES string of the molecule is CC(C#N)P=O. The molecule has 0 fully saturated rings. The fourth-order valence-electron chi connectivity index (χ4n) is 0.0236. The minimum Gasteiger partial charge on any atom is -0.274 e. The summed E-state index contributed by atoms with van der Waals surface area (Å²) in [5.41, 5.74) is -0.343. The van der Waals surface area contributed by atoms with Crippen LogP contribution in [0.25, 0.3) is 0 Å². The van der Waals surface area contributed by atoms with Crippen molar-refractivity contribution in [1.29, 1.82) is 5.26 Å². The smallest absolute Gasteiger partial charge is 0.173 e. The van der Waals surface area contributed by atoms with E-state index in [0.717, 1.165) is 0 Å². The van der Waals surface area contributed by atoms with E-state index in [9.17, 15) is 4.57 Å². The van der Waals surface area contributed by atoms with Crippen molar-refractivity contribution in [1.82, 2.24) is 0 Å². The first-order valence-electron chi connectivity index (χ1n) is 1.53. The van der Waals surface area contributed by atoms with Crippen LogP contribution in [0.5, 0.6) is 0 Å². The van der Waals surface area contributed by atoms with Gasteiger partial charge in [-0.15, -0.1) is 0 Å². The zero-order valence-corrected chi connectivity index (χ0v) is 4.27. The fourth-order valence-corrected chi connectivity index (χ4v) is 0.0707. The number of nitrogens with zero attached hydrogens (tertiary/aromatic N) is 1. The Balaban J connectivity index is 3.30. The molecule has 0 spiro atoms. The van der Waals surface area contributed by atoms with Gasteiger partial charge in [-0.1, -0.05) is 0 Å². The molecule has 0 amide bonds. The van der Waals surface area contributed by atoms with Crippen LogP contribution >= 0.6 is 8.46 Å². The second-order valence-corrected chi connectivity index (χ2v) is 1.90. The van der Waals surface area contributed by atoms with Crippen LogP contribution in [0.1, 0.15) is 6.92 Å². The number of nitriles is 1.